The minimum atomic E-state index is 0.0740. The van der Waals surface area contributed by atoms with E-state index >= 15 is 0 Å². The van der Waals surface area contributed by atoms with Crippen LogP contribution < -0.4 is 0 Å². The Morgan fingerprint density at radius 1 is 0.947 bits per heavy atom. The molecule has 3 aromatic rings. The molecule has 0 amide bonds. The SMILES string of the molecule is Cc1ccccc1C(c1ccccc1)n1cncn1. The van der Waals surface area contributed by atoms with E-state index in [1.54, 1.807) is 12.7 Å². The predicted octanol–water partition coefficient (Wildman–Crippen LogP) is 3.22. The molecule has 0 aliphatic rings. The molecular formula is C16H15N3. The van der Waals surface area contributed by atoms with Gasteiger partial charge in [-0.25, -0.2) is 9.67 Å². The molecule has 1 unspecified atom stereocenters. The number of hydrogen-bond donors (Lipinski definition) is 0. The van der Waals surface area contributed by atoms with Gasteiger partial charge in [0, 0.05) is 0 Å². The summed E-state index contributed by atoms with van der Waals surface area (Å²) < 4.78 is 1.90. The molecule has 3 heteroatoms. The summed E-state index contributed by atoms with van der Waals surface area (Å²) in [6, 6.07) is 18.9. The summed E-state index contributed by atoms with van der Waals surface area (Å²) in [6.45, 7) is 2.13. The fourth-order valence-electron chi connectivity index (χ4n) is 2.35. The lowest BCUT2D eigenvalue weighted by molar-refractivity contribution is 0.591. The highest BCUT2D eigenvalue weighted by molar-refractivity contribution is 5.37. The average Bonchev–Trinajstić information content (AvgIpc) is 2.96. The van der Waals surface area contributed by atoms with E-state index in [2.05, 4.69) is 65.5 Å². The quantitative estimate of drug-likeness (QED) is 0.713. The number of nitrogens with zero attached hydrogens (tertiary/aromatic N) is 3. The van der Waals surface area contributed by atoms with E-state index in [4.69, 9.17) is 0 Å². The minimum Gasteiger partial charge on any atom is -0.241 e. The maximum absolute atomic E-state index is 4.32. The van der Waals surface area contributed by atoms with Crippen LogP contribution in [0.15, 0.2) is 67.3 Å². The molecule has 1 atom stereocenters. The summed E-state index contributed by atoms with van der Waals surface area (Å²) in [7, 11) is 0. The second-order valence-corrected chi connectivity index (χ2v) is 4.55. The molecule has 3 rings (SSSR count). The second-order valence-electron chi connectivity index (χ2n) is 4.55. The Labute approximate surface area is 112 Å². The van der Waals surface area contributed by atoms with Crippen molar-refractivity contribution in [3.63, 3.8) is 0 Å². The molecule has 1 aromatic heterocycles. The zero-order valence-corrected chi connectivity index (χ0v) is 10.8. The molecule has 0 saturated heterocycles. The number of benzene rings is 2. The molecule has 0 spiro atoms. The fraction of sp³-hybridized carbons (Fsp3) is 0.125. The van der Waals surface area contributed by atoms with E-state index in [1.165, 1.54) is 16.7 Å². The zero-order chi connectivity index (χ0) is 13.1. The van der Waals surface area contributed by atoms with E-state index in [1.807, 2.05) is 10.7 Å². The third-order valence-corrected chi connectivity index (χ3v) is 3.30. The molecule has 0 N–H and O–H groups in total. The molecule has 0 aliphatic heterocycles. The van der Waals surface area contributed by atoms with Crippen LogP contribution in [-0.2, 0) is 0 Å². The first-order valence-corrected chi connectivity index (χ1v) is 6.31. The zero-order valence-electron chi connectivity index (χ0n) is 10.8. The Balaban J connectivity index is 2.16. The number of hydrogen-bond acceptors (Lipinski definition) is 2. The molecule has 19 heavy (non-hydrogen) atoms. The Hall–Kier alpha value is -2.42. The molecule has 0 saturated carbocycles. The van der Waals surface area contributed by atoms with Crippen LogP contribution in [0.1, 0.15) is 22.7 Å². The van der Waals surface area contributed by atoms with Crippen molar-refractivity contribution in [1.82, 2.24) is 14.8 Å². The van der Waals surface area contributed by atoms with Gasteiger partial charge in [0.2, 0.25) is 0 Å². The third kappa shape index (κ3) is 2.27. The number of aromatic nitrogens is 3. The first-order valence-electron chi connectivity index (χ1n) is 6.31. The van der Waals surface area contributed by atoms with Crippen LogP contribution in [0.4, 0.5) is 0 Å². The van der Waals surface area contributed by atoms with E-state index in [-0.39, 0.29) is 6.04 Å². The molecule has 0 radical (unpaired) electrons. The highest BCUT2D eigenvalue weighted by Crippen LogP contribution is 2.27. The fourth-order valence-corrected chi connectivity index (χ4v) is 2.35. The monoisotopic (exact) mass is 249 g/mol. The van der Waals surface area contributed by atoms with Gasteiger partial charge in [-0.1, -0.05) is 54.6 Å². The Morgan fingerprint density at radius 3 is 2.37 bits per heavy atom. The largest absolute Gasteiger partial charge is 0.241 e. The van der Waals surface area contributed by atoms with Gasteiger partial charge in [0.15, 0.2) is 0 Å². The maximum atomic E-state index is 4.32. The van der Waals surface area contributed by atoms with Gasteiger partial charge in [-0.3, -0.25) is 0 Å². The lowest BCUT2D eigenvalue weighted by Crippen LogP contribution is -2.14. The molecule has 2 aromatic carbocycles. The van der Waals surface area contributed by atoms with Crippen molar-refractivity contribution in [2.24, 2.45) is 0 Å². The Bertz CT molecular complexity index is 645. The third-order valence-electron chi connectivity index (χ3n) is 3.30. The van der Waals surface area contributed by atoms with Crippen LogP contribution in [0, 0.1) is 6.92 Å². The highest BCUT2D eigenvalue weighted by atomic mass is 15.3. The van der Waals surface area contributed by atoms with Gasteiger partial charge in [0.25, 0.3) is 0 Å². The van der Waals surface area contributed by atoms with Gasteiger partial charge in [0.05, 0.1) is 0 Å². The van der Waals surface area contributed by atoms with Gasteiger partial charge in [-0.15, -0.1) is 0 Å². The molecule has 94 valence electrons. The van der Waals surface area contributed by atoms with Crippen molar-refractivity contribution in [1.29, 1.82) is 0 Å². The summed E-state index contributed by atoms with van der Waals surface area (Å²) in [5.74, 6) is 0. The maximum Gasteiger partial charge on any atom is 0.137 e. The summed E-state index contributed by atoms with van der Waals surface area (Å²) in [6.07, 6.45) is 3.35. The van der Waals surface area contributed by atoms with Gasteiger partial charge < -0.3 is 0 Å². The van der Waals surface area contributed by atoms with Crippen LogP contribution in [0.3, 0.4) is 0 Å². The Kier molecular flexibility index (Phi) is 3.11. The summed E-state index contributed by atoms with van der Waals surface area (Å²) in [5.41, 5.74) is 3.72. The van der Waals surface area contributed by atoms with E-state index in [0.29, 0.717) is 0 Å². The molecule has 3 nitrogen and oxygen atoms in total. The summed E-state index contributed by atoms with van der Waals surface area (Å²) in [4.78, 5) is 4.08. The molecule has 0 aliphatic carbocycles. The van der Waals surface area contributed by atoms with Crippen LogP contribution >= 0.6 is 0 Å². The minimum absolute atomic E-state index is 0.0740. The van der Waals surface area contributed by atoms with Gasteiger partial charge in [-0.2, -0.15) is 5.10 Å². The van der Waals surface area contributed by atoms with Crippen molar-refractivity contribution < 1.29 is 0 Å². The average molecular weight is 249 g/mol. The molecular weight excluding hydrogens is 234 g/mol. The smallest absolute Gasteiger partial charge is 0.137 e. The summed E-state index contributed by atoms with van der Waals surface area (Å²) >= 11 is 0. The van der Waals surface area contributed by atoms with E-state index in [0.717, 1.165) is 0 Å². The van der Waals surface area contributed by atoms with Crippen molar-refractivity contribution in [2.45, 2.75) is 13.0 Å². The van der Waals surface area contributed by atoms with Gasteiger partial charge in [0.1, 0.15) is 18.7 Å². The normalized spacial score (nSPS) is 12.3. The molecule has 1 heterocycles. The highest BCUT2D eigenvalue weighted by Gasteiger charge is 2.18. The van der Waals surface area contributed by atoms with Crippen molar-refractivity contribution in [2.75, 3.05) is 0 Å². The lowest BCUT2D eigenvalue weighted by Gasteiger charge is -2.20. The number of aryl methyl sites for hydroxylation is 1. The second kappa shape index (κ2) is 5.06. The van der Waals surface area contributed by atoms with Crippen LogP contribution in [0.5, 0.6) is 0 Å². The van der Waals surface area contributed by atoms with Gasteiger partial charge >= 0.3 is 0 Å². The summed E-state index contributed by atoms with van der Waals surface area (Å²) in [5, 5.41) is 4.32. The van der Waals surface area contributed by atoms with E-state index in [9.17, 15) is 0 Å². The predicted molar refractivity (Wildman–Crippen MR) is 74.9 cm³/mol. The lowest BCUT2D eigenvalue weighted by atomic mass is 9.95. The number of rotatable bonds is 3. The molecule has 0 fully saturated rings. The van der Waals surface area contributed by atoms with Crippen LogP contribution in [0.2, 0.25) is 0 Å². The molecule has 0 bridgehead atoms. The first kappa shape index (κ1) is 11.7. The van der Waals surface area contributed by atoms with Crippen molar-refractivity contribution in [3.8, 4) is 0 Å². The standard InChI is InChI=1S/C16H15N3/c1-13-7-5-6-10-15(13)16(19-12-17-11-18-19)14-8-3-2-4-9-14/h2-12,16H,1H3. The van der Waals surface area contributed by atoms with Crippen molar-refractivity contribution >= 4 is 0 Å². The van der Waals surface area contributed by atoms with Crippen molar-refractivity contribution in [3.05, 3.63) is 83.9 Å². The topological polar surface area (TPSA) is 30.7 Å². The van der Waals surface area contributed by atoms with E-state index < -0.39 is 0 Å². The van der Waals surface area contributed by atoms with Crippen LogP contribution in [0.25, 0.3) is 0 Å². The van der Waals surface area contributed by atoms with Gasteiger partial charge in [-0.05, 0) is 23.6 Å². The Morgan fingerprint density at radius 2 is 1.68 bits per heavy atom. The van der Waals surface area contributed by atoms with Crippen LogP contribution in [-0.4, -0.2) is 14.8 Å². The first-order chi connectivity index (χ1) is 9.36.